The van der Waals surface area contributed by atoms with E-state index in [4.69, 9.17) is 0 Å². The zero-order chi connectivity index (χ0) is 18.5. The predicted molar refractivity (Wildman–Crippen MR) is 105 cm³/mol. The minimum absolute atomic E-state index is 0.113. The fourth-order valence-electron chi connectivity index (χ4n) is 3.76. The fourth-order valence-corrected chi connectivity index (χ4v) is 4.72. The lowest BCUT2D eigenvalue weighted by Gasteiger charge is -2.45. The molecule has 1 saturated heterocycles. The number of imide groups is 1. The van der Waals surface area contributed by atoms with Gasteiger partial charge in [-0.2, -0.15) is 0 Å². The molecule has 0 unspecified atom stereocenters. The van der Waals surface area contributed by atoms with Crippen LogP contribution in [0.3, 0.4) is 0 Å². The van der Waals surface area contributed by atoms with Crippen molar-refractivity contribution in [2.24, 2.45) is 0 Å². The molecule has 3 rings (SSSR count). The molecule has 0 aromatic heterocycles. The summed E-state index contributed by atoms with van der Waals surface area (Å²) in [5.74, 6) is 0.272. The number of hydrogen-bond donors (Lipinski definition) is 0. The van der Waals surface area contributed by atoms with Gasteiger partial charge < -0.3 is 4.90 Å². The number of benzene rings is 1. The van der Waals surface area contributed by atoms with Crippen molar-refractivity contribution in [2.75, 3.05) is 11.9 Å². The van der Waals surface area contributed by atoms with Gasteiger partial charge in [0.1, 0.15) is 0 Å². The average Bonchev–Trinajstić information content (AvgIpc) is 2.79. The zero-order valence-electron chi connectivity index (χ0n) is 15.8. The van der Waals surface area contributed by atoms with Crippen LogP contribution >= 0.6 is 11.8 Å². The first kappa shape index (κ1) is 18.1. The van der Waals surface area contributed by atoms with Crippen LogP contribution in [0.5, 0.6) is 0 Å². The second-order valence-electron chi connectivity index (χ2n) is 7.94. The monoisotopic (exact) mass is 358 g/mol. The Morgan fingerprint density at radius 2 is 1.96 bits per heavy atom. The van der Waals surface area contributed by atoms with E-state index < -0.39 is 0 Å². The number of rotatable bonds is 2. The quantitative estimate of drug-likeness (QED) is 0.708. The van der Waals surface area contributed by atoms with Crippen LogP contribution in [0.2, 0.25) is 0 Å². The molecule has 1 aromatic rings. The minimum Gasteiger partial charge on any atom is -0.369 e. The topological polar surface area (TPSA) is 40.6 Å². The molecule has 134 valence electrons. The van der Waals surface area contributed by atoms with Crippen LogP contribution in [-0.4, -0.2) is 34.7 Å². The van der Waals surface area contributed by atoms with Gasteiger partial charge in [0.2, 0.25) is 0 Å². The van der Waals surface area contributed by atoms with Crippen LogP contribution in [0.15, 0.2) is 23.1 Å². The van der Waals surface area contributed by atoms with Crippen LogP contribution in [0.4, 0.5) is 10.5 Å². The lowest BCUT2D eigenvalue weighted by Crippen LogP contribution is -2.45. The van der Waals surface area contributed by atoms with Crippen molar-refractivity contribution in [1.29, 1.82) is 0 Å². The van der Waals surface area contributed by atoms with E-state index in [9.17, 15) is 9.59 Å². The van der Waals surface area contributed by atoms with Crippen LogP contribution in [-0.2, 0) is 4.79 Å². The number of fused-ring (bicyclic) bond motifs is 1. The smallest absolute Gasteiger partial charge is 0.293 e. The van der Waals surface area contributed by atoms with Crippen LogP contribution in [0.25, 0.3) is 6.08 Å². The Morgan fingerprint density at radius 3 is 2.56 bits per heavy atom. The molecule has 0 saturated carbocycles. The van der Waals surface area contributed by atoms with E-state index in [-0.39, 0.29) is 22.7 Å². The number of anilines is 1. The van der Waals surface area contributed by atoms with Crippen molar-refractivity contribution in [1.82, 2.24) is 4.90 Å². The summed E-state index contributed by atoms with van der Waals surface area (Å²) in [5, 5.41) is -0.181. The summed E-state index contributed by atoms with van der Waals surface area (Å²) >= 11 is 1.03. The largest absolute Gasteiger partial charge is 0.369 e. The number of carbonyl (C=O) groups is 2. The summed E-state index contributed by atoms with van der Waals surface area (Å²) < 4.78 is 0. The molecule has 2 amide bonds. The Balaban J connectivity index is 1.95. The molecule has 1 atom stereocenters. The fraction of sp³-hybridized carbons (Fsp3) is 0.500. The molecule has 5 heteroatoms. The second kappa shape index (κ2) is 6.20. The Morgan fingerprint density at radius 1 is 1.28 bits per heavy atom. The molecule has 4 nitrogen and oxygen atoms in total. The number of thioether (sulfide) groups is 1. The maximum atomic E-state index is 12.5. The van der Waals surface area contributed by atoms with Gasteiger partial charge in [0.05, 0.1) is 4.91 Å². The Bertz CT molecular complexity index is 767. The molecule has 0 spiro atoms. The van der Waals surface area contributed by atoms with Crippen LogP contribution in [0.1, 0.15) is 58.1 Å². The van der Waals surface area contributed by atoms with Gasteiger partial charge in [-0.15, -0.1) is 0 Å². The maximum absolute atomic E-state index is 12.5. The molecule has 2 heterocycles. The van der Waals surface area contributed by atoms with Crippen molar-refractivity contribution in [3.8, 4) is 0 Å². The summed E-state index contributed by atoms with van der Waals surface area (Å²) in [6, 6.07) is 6.21. The van der Waals surface area contributed by atoms with Gasteiger partial charge in [0.15, 0.2) is 0 Å². The van der Waals surface area contributed by atoms with Crippen LogP contribution in [0, 0.1) is 0 Å². The van der Waals surface area contributed by atoms with Gasteiger partial charge in [-0.25, -0.2) is 0 Å². The van der Waals surface area contributed by atoms with Gasteiger partial charge in [-0.05, 0) is 81.1 Å². The van der Waals surface area contributed by atoms with Crippen molar-refractivity contribution < 1.29 is 9.59 Å². The standard InChI is InChI=1S/C20H26N2O2S/c1-12(2)22-18(23)17(25-19(22)24)10-14-7-8-16-15(9-14)13(3)11-20(4,5)21(16)6/h7-10,12-13H,11H2,1-6H3/b17-10-/t13-/m0/s1. The summed E-state index contributed by atoms with van der Waals surface area (Å²) in [4.78, 5) is 28.7. The minimum atomic E-state index is -0.186. The highest BCUT2D eigenvalue weighted by Gasteiger charge is 2.37. The van der Waals surface area contributed by atoms with E-state index in [2.05, 4.69) is 44.9 Å². The SMILES string of the molecule is CC(C)N1C(=O)S/C(=C\c2ccc3c(c2)[C@@H](C)CC(C)(C)N3C)C1=O. The number of hydrogen-bond acceptors (Lipinski definition) is 4. The highest BCUT2D eigenvalue weighted by Crippen LogP contribution is 2.43. The van der Waals surface area contributed by atoms with E-state index in [0.717, 1.165) is 23.7 Å². The molecule has 0 radical (unpaired) electrons. The number of carbonyl (C=O) groups excluding carboxylic acids is 2. The Labute approximate surface area is 154 Å². The van der Waals surface area contributed by atoms with E-state index in [1.54, 1.807) is 0 Å². The first-order valence-electron chi connectivity index (χ1n) is 8.76. The first-order chi connectivity index (χ1) is 11.6. The molecule has 2 aliphatic heterocycles. The molecule has 25 heavy (non-hydrogen) atoms. The van der Waals surface area contributed by atoms with Crippen LogP contribution < -0.4 is 4.90 Å². The average molecular weight is 359 g/mol. The zero-order valence-corrected chi connectivity index (χ0v) is 16.6. The highest BCUT2D eigenvalue weighted by atomic mass is 32.2. The molecular formula is C20H26N2O2S. The van der Waals surface area contributed by atoms with E-state index in [1.807, 2.05) is 26.0 Å². The van der Waals surface area contributed by atoms with E-state index in [0.29, 0.717) is 10.8 Å². The molecular weight excluding hydrogens is 332 g/mol. The van der Waals surface area contributed by atoms with Gasteiger partial charge in [0, 0.05) is 24.3 Å². The van der Waals surface area contributed by atoms with Crippen molar-refractivity contribution in [2.45, 2.75) is 58.5 Å². The van der Waals surface area contributed by atoms with Gasteiger partial charge in [-0.1, -0.05) is 13.0 Å². The van der Waals surface area contributed by atoms with E-state index in [1.165, 1.54) is 16.2 Å². The Kier molecular flexibility index (Phi) is 4.48. The predicted octanol–water partition coefficient (Wildman–Crippen LogP) is 4.85. The molecule has 1 aromatic carbocycles. The van der Waals surface area contributed by atoms with Crippen molar-refractivity contribution in [3.63, 3.8) is 0 Å². The summed E-state index contributed by atoms with van der Waals surface area (Å²) in [7, 11) is 2.14. The number of nitrogens with zero attached hydrogens (tertiary/aromatic N) is 2. The lowest BCUT2D eigenvalue weighted by atomic mass is 9.80. The van der Waals surface area contributed by atoms with Gasteiger partial charge >= 0.3 is 0 Å². The summed E-state index contributed by atoms with van der Waals surface area (Å²) in [5.41, 5.74) is 3.66. The molecule has 1 fully saturated rings. The molecule has 0 bridgehead atoms. The third-order valence-corrected chi connectivity index (χ3v) is 6.18. The summed E-state index contributed by atoms with van der Waals surface area (Å²) in [6.45, 7) is 10.5. The van der Waals surface area contributed by atoms with Gasteiger partial charge in [0.25, 0.3) is 11.1 Å². The maximum Gasteiger partial charge on any atom is 0.293 e. The normalized spacial score (nSPS) is 24.4. The molecule has 0 N–H and O–H groups in total. The first-order valence-corrected chi connectivity index (χ1v) is 9.58. The third kappa shape index (κ3) is 3.10. The second-order valence-corrected chi connectivity index (χ2v) is 8.93. The molecule has 0 aliphatic carbocycles. The highest BCUT2D eigenvalue weighted by molar-refractivity contribution is 8.18. The van der Waals surface area contributed by atoms with Crippen molar-refractivity contribution >= 4 is 34.7 Å². The summed E-state index contributed by atoms with van der Waals surface area (Å²) in [6.07, 6.45) is 2.93. The number of amides is 2. The van der Waals surface area contributed by atoms with E-state index >= 15 is 0 Å². The Hall–Kier alpha value is -1.75. The van der Waals surface area contributed by atoms with Gasteiger partial charge in [-0.3, -0.25) is 14.5 Å². The lowest BCUT2D eigenvalue weighted by molar-refractivity contribution is -0.123. The van der Waals surface area contributed by atoms with Crippen molar-refractivity contribution in [3.05, 3.63) is 34.2 Å². The third-order valence-electron chi connectivity index (χ3n) is 5.30. The molecule has 2 aliphatic rings.